The van der Waals surface area contributed by atoms with Gasteiger partial charge in [-0.1, -0.05) is 26.0 Å². The second-order valence-electron chi connectivity index (χ2n) is 4.92. The molecule has 19 heavy (non-hydrogen) atoms. The van der Waals surface area contributed by atoms with E-state index in [9.17, 15) is 4.79 Å². The summed E-state index contributed by atoms with van der Waals surface area (Å²) in [4.78, 5) is 11.5. The number of hydrogen-bond donors (Lipinski definition) is 0. The summed E-state index contributed by atoms with van der Waals surface area (Å²) in [5, 5.41) is 2.05. The zero-order chi connectivity index (χ0) is 13.8. The van der Waals surface area contributed by atoms with Gasteiger partial charge in [0.2, 0.25) is 0 Å². The van der Waals surface area contributed by atoms with Gasteiger partial charge in [-0.2, -0.15) is 0 Å². The molecule has 0 aromatic heterocycles. The normalized spacial score (nSPS) is 10.7. The van der Waals surface area contributed by atoms with Crippen LogP contribution < -0.4 is 4.74 Å². The van der Waals surface area contributed by atoms with Gasteiger partial charge in [-0.3, -0.25) is 0 Å². The highest BCUT2D eigenvalue weighted by atomic mass is 16.5. The minimum atomic E-state index is -0.318. The van der Waals surface area contributed by atoms with Crippen molar-refractivity contribution in [3.05, 3.63) is 42.0 Å². The molecule has 0 bridgehead atoms. The van der Waals surface area contributed by atoms with Gasteiger partial charge in [-0.25, -0.2) is 4.79 Å². The van der Waals surface area contributed by atoms with Gasteiger partial charge >= 0.3 is 5.97 Å². The fourth-order valence-corrected chi connectivity index (χ4v) is 1.82. The molecule has 0 heterocycles. The molecule has 0 saturated carbocycles. The van der Waals surface area contributed by atoms with E-state index in [1.165, 1.54) is 7.11 Å². The zero-order valence-corrected chi connectivity index (χ0v) is 11.5. The molecule has 0 saturated heterocycles. The monoisotopic (exact) mass is 258 g/mol. The van der Waals surface area contributed by atoms with E-state index in [0.717, 1.165) is 16.5 Å². The van der Waals surface area contributed by atoms with Crippen molar-refractivity contribution in [2.45, 2.75) is 13.8 Å². The van der Waals surface area contributed by atoms with Crippen molar-refractivity contribution in [3.8, 4) is 5.75 Å². The summed E-state index contributed by atoms with van der Waals surface area (Å²) in [7, 11) is 1.38. The average Bonchev–Trinajstić information content (AvgIpc) is 2.43. The number of esters is 1. The second-order valence-corrected chi connectivity index (χ2v) is 4.92. The Morgan fingerprint density at radius 1 is 1.11 bits per heavy atom. The van der Waals surface area contributed by atoms with Crippen LogP contribution in [-0.4, -0.2) is 19.7 Å². The molecule has 3 heteroatoms. The third-order valence-corrected chi connectivity index (χ3v) is 2.82. The van der Waals surface area contributed by atoms with Crippen molar-refractivity contribution in [2.75, 3.05) is 13.7 Å². The van der Waals surface area contributed by atoms with Crippen molar-refractivity contribution in [1.29, 1.82) is 0 Å². The fourth-order valence-electron chi connectivity index (χ4n) is 1.82. The van der Waals surface area contributed by atoms with Crippen LogP contribution in [0.3, 0.4) is 0 Å². The molecule has 0 unspecified atom stereocenters. The summed E-state index contributed by atoms with van der Waals surface area (Å²) >= 11 is 0. The maximum atomic E-state index is 11.5. The van der Waals surface area contributed by atoms with E-state index in [1.54, 1.807) is 6.07 Å². The highest BCUT2D eigenvalue weighted by Crippen LogP contribution is 2.22. The fraction of sp³-hybridized carbons (Fsp3) is 0.312. The van der Waals surface area contributed by atoms with Crippen molar-refractivity contribution < 1.29 is 14.3 Å². The Morgan fingerprint density at radius 3 is 2.47 bits per heavy atom. The Morgan fingerprint density at radius 2 is 1.79 bits per heavy atom. The van der Waals surface area contributed by atoms with Gasteiger partial charge in [0.25, 0.3) is 0 Å². The third kappa shape index (κ3) is 3.25. The number of benzene rings is 2. The molecule has 0 N–H and O–H groups in total. The Balaban J connectivity index is 2.27. The Labute approximate surface area is 113 Å². The SMILES string of the molecule is COC(=O)c1ccc2cc(OCC(C)C)ccc2c1. The molecular weight excluding hydrogens is 240 g/mol. The molecule has 2 aromatic carbocycles. The number of carbonyl (C=O) groups excluding carboxylic acids is 1. The summed E-state index contributed by atoms with van der Waals surface area (Å²) in [6.07, 6.45) is 0. The topological polar surface area (TPSA) is 35.5 Å². The molecule has 100 valence electrons. The van der Waals surface area contributed by atoms with Crippen LogP contribution in [0.15, 0.2) is 36.4 Å². The molecule has 0 aliphatic rings. The minimum Gasteiger partial charge on any atom is -0.493 e. The lowest BCUT2D eigenvalue weighted by molar-refractivity contribution is 0.0601. The number of fused-ring (bicyclic) bond motifs is 1. The van der Waals surface area contributed by atoms with Crippen molar-refractivity contribution in [3.63, 3.8) is 0 Å². The van der Waals surface area contributed by atoms with E-state index in [4.69, 9.17) is 9.47 Å². The van der Waals surface area contributed by atoms with E-state index >= 15 is 0 Å². The predicted molar refractivity (Wildman–Crippen MR) is 75.6 cm³/mol. The summed E-state index contributed by atoms with van der Waals surface area (Å²) in [6.45, 7) is 4.93. The van der Waals surface area contributed by atoms with Crippen LogP contribution in [0.2, 0.25) is 0 Å². The van der Waals surface area contributed by atoms with Gasteiger partial charge in [0.15, 0.2) is 0 Å². The Bertz CT molecular complexity index is 588. The smallest absolute Gasteiger partial charge is 0.337 e. The van der Waals surface area contributed by atoms with E-state index in [2.05, 4.69) is 13.8 Å². The first-order valence-electron chi connectivity index (χ1n) is 6.35. The number of hydrogen-bond acceptors (Lipinski definition) is 3. The Hall–Kier alpha value is -2.03. The third-order valence-electron chi connectivity index (χ3n) is 2.82. The highest BCUT2D eigenvalue weighted by Gasteiger charge is 2.06. The molecule has 0 spiro atoms. The lowest BCUT2D eigenvalue weighted by Gasteiger charge is -2.09. The summed E-state index contributed by atoms with van der Waals surface area (Å²) in [5.41, 5.74) is 0.561. The first-order chi connectivity index (χ1) is 9.10. The Kier molecular flexibility index (Phi) is 4.05. The number of rotatable bonds is 4. The van der Waals surface area contributed by atoms with Gasteiger partial charge in [0, 0.05) is 0 Å². The van der Waals surface area contributed by atoms with Crippen LogP contribution in [-0.2, 0) is 4.74 Å². The van der Waals surface area contributed by atoms with Crippen molar-refractivity contribution in [2.24, 2.45) is 5.92 Å². The molecule has 0 aliphatic carbocycles. The highest BCUT2D eigenvalue weighted by molar-refractivity contribution is 5.95. The number of methoxy groups -OCH3 is 1. The summed E-state index contributed by atoms with van der Waals surface area (Å²) in [5.74, 6) is 1.03. The second kappa shape index (κ2) is 5.74. The molecule has 2 rings (SSSR count). The van der Waals surface area contributed by atoms with Gasteiger partial charge in [0.1, 0.15) is 5.75 Å². The van der Waals surface area contributed by atoms with Crippen LogP contribution >= 0.6 is 0 Å². The van der Waals surface area contributed by atoms with Gasteiger partial charge in [-0.15, -0.1) is 0 Å². The summed E-state index contributed by atoms with van der Waals surface area (Å²) < 4.78 is 10.4. The quantitative estimate of drug-likeness (QED) is 0.785. The standard InChI is InChI=1S/C16H18O3/c1-11(2)10-19-15-7-6-12-8-14(16(17)18-3)5-4-13(12)9-15/h4-9,11H,10H2,1-3H3. The van der Waals surface area contributed by atoms with E-state index < -0.39 is 0 Å². The van der Waals surface area contributed by atoms with Crippen LogP contribution in [0, 0.1) is 5.92 Å². The number of carbonyl (C=O) groups is 1. The van der Waals surface area contributed by atoms with Crippen molar-refractivity contribution in [1.82, 2.24) is 0 Å². The molecule has 0 amide bonds. The lowest BCUT2D eigenvalue weighted by Crippen LogP contribution is -2.04. The lowest BCUT2D eigenvalue weighted by atomic mass is 10.1. The first kappa shape index (κ1) is 13.4. The maximum Gasteiger partial charge on any atom is 0.337 e. The van der Waals surface area contributed by atoms with E-state index in [0.29, 0.717) is 18.1 Å². The van der Waals surface area contributed by atoms with E-state index in [-0.39, 0.29) is 5.97 Å². The first-order valence-corrected chi connectivity index (χ1v) is 6.35. The zero-order valence-electron chi connectivity index (χ0n) is 11.5. The minimum absolute atomic E-state index is 0.318. The van der Waals surface area contributed by atoms with Crippen molar-refractivity contribution >= 4 is 16.7 Å². The molecule has 0 radical (unpaired) electrons. The number of ether oxygens (including phenoxy) is 2. The molecule has 0 fully saturated rings. The van der Waals surface area contributed by atoms with Gasteiger partial charge in [0.05, 0.1) is 19.3 Å². The molecule has 3 nitrogen and oxygen atoms in total. The summed E-state index contributed by atoms with van der Waals surface area (Å²) in [6, 6.07) is 11.4. The molecule has 0 aliphatic heterocycles. The largest absolute Gasteiger partial charge is 0.493 e. The van der Waals surface area contributed by atoms with Gasteiger partial charge < -0.3 is 9.47 Å². The van der Waals surface area contributed by atoms with Crippen LogP contribution in [0.5, 0.6) is 5.75 Å². The molecular formula is C16H18O3. The average molecular weight is 258 g/mol. The van der Waals surface area contributed by atoms with E-state index in [1.807, 2.05) is 30.3 Å². The predicted octanol–water partition coefficient (Wildman–Crippen LogP) is 3.66. The van der Waals surface area contributed by atoms with Crippen LogP contribution in [0.1, 0.15) is 24.2 Å². The molecule has 0 atom stereocenters. The van der Waals surface area contributed by atoms with Gasteiger partial charge in [-0.05, 0) is 41.0 Å². The molecule has 2 aromatic rings. The van der Waals surface area contributed by atoms with Crippen LogP contribution in [0.25, 0.3) is 10.8 Å². The van der Waals surface area contributed by atoms with Crippen LogP contribution in [0.4, 0.5) is 0 Å². The maximum absolute atomic E-state index is 11.5.